The van der Waals surface area contributed by atoms with Gasteiger partial charge in [-0.2, -0.15) is 0 Å². The molecular formula is C17H20N4O3. The van der Waals surface area contributed by atoms with E-state index in [0.29, 0.717) is 25.2 Å². The van der Waals surface area contributed by atoms with Crippen LogP contribution >= 0.6 is 0 Å². The minimum atomic E-state index is -0.422. The molecule has 3 aliphatic heterocycles. The van der Waals surface area contributed by atoms with E-state index >= 15 is 0 Å². The lowest BCUT2D eigenvalue weighted by Gasteiger charge is -2.38. The second-order valence-electron chi connectivity index (χ2n) is 6.59. The summed E-state index contributed by atoms with van der Waals surface area (Å²) >= 11 is 0. The highest BCUT2D eigenvalue weighted by Crippen LogP contribution is 2.32. The SMILES string of the molecule is O=C(Nc1ccccc1)N[C@H]1C[C@H]2C(=O)N3CCC[C@H]3C(=O)N2C1. The number of para-hydroxylation sites is 1. The van der Waals surface area contributed by atoms with Crippen LogP contribution in [0.2, 0.25) is 0 Å². The first kappa shape index (κ1) is 15.0. The van der Waals surface area contributed by atoms with E-state index in [0.717, 1.165) is 12.8 Å². The summed E-state index contributed by atoms with van der Waals surface area (Å²) in [5.41, 5.74) is 0.707. The first-order chi connectivity index (χ1) is 11.6. The zero-order valence-electron chi connectivity index (χ0n) is 13.3. The van der Waals surface area contributed by atoms with Crippen LogP contribution in [0.15, 0.2) is 30.3 Å². The highest BCUT2D eigenvalue weighted by Gasteiger charge is 2.51. The van der Waals surface area contributed by atoms with Crippen molar-refractivity contribution in [3.63, 3.8) is 0 Å². The molecule has 3 atom stereocenters. The molecule has 1 aromatic carbocycles. The number of carbonyl (C=O) groups excluding carboxylic acids is 3. The Morgan fingerprint density at radius 3 is 2.58 bits per heavy atom. The predicted molar refractivity (Wildman–Crippen MR) is 87.2 cm³/mol. The van der Waals surface area contributed by atoms with Gasteiger partial charge in [0, 0.05) is 18.8 Å². The van der Waals surface area contributed by atoms with Crippen LogP contribution in [0.3, 0.4) is 0 Å². The van der Waals surface area contributed by atoms with Crippen molar-refractivity contribution in [2.75, 3.05) is 18.4 Å². The number of hydrogen-bond acceptors (Lipinski definition) is 3. The average molecular weight is 328 g/mol. The van der Waals surface area contributed by atoms with E-state index in [1.54, 1.807) is 21.9 Å². The molecule has 3 saturated heterocycles. The maximum atomic E-state index is 12.6. The van der Waals surface area contributed by atoms with Gasteiger partial charge in [-0.3, -0.25) is 9.59 Å². The lowest BCUT2D eigenvalue weighted by molar-refractivity contribution is -0.156. The molecule has 0 bridgehead atoms. The number of nitrogens with one attached hydrogen (secondary N) is 2. The molecule has 3 fully saturated rings. The molecule has 4 amide bonds. The Morgan fingerprint density at radius 2 is 1.79 bits per heavy atom. The molecule has 0 aromatic heterocycles. The Labute approximate surface area is 140 Å². The maximum Gasteiger partial charge on any atom is 0.319 e. The van der Waals surface area contributed by atoms with Gasteiger partial charge in [-0.1, -0.05) is 18.2 Å². The van der Waals surface area contributed by atoms with Gasteiger partial charge in [-0.25, -0.2) is 4.79 Å². The smallest absolute Gasteiger partial charge is 0.319 e. The van der Waals surface area contributed by atoms with Gasteiger partial charge in [0.1, 0.15) is 12.1 Å². The summed E-state index contributed by atoms with van der Waals surface area (Å²) in [6.45, 7) is 1.08. The van der Waals surface area contributed by atoms with Gasteiger partial charge in [0.05, 0.1) is 6.04 Å². The van der Waals surface area contributed by atoms with Crippen molar-refractivity contribution in [3.05, 3.63) is 30.3 Å². The van der Waals surface area contributed by atoms with Crippen molar-refractivity contribution >= 4 is 23.5 Å². The van der Waals surface area contributed by atoms with Gasteiger partial charge in [-0.05, 0) is 31.4 Å². The van der Waals surface area contributed by atoms with Crippen LogP contribution in [0, 0.1) is 0 Å². The van der Waals surface area contributed by atoms with E-state index in [1.807, 2.05) is 18.2 Å². The Balaban J connectivity index is 1.40. The van der Waals surface area contributed by atoms with Gasteiger partial charge in [-0.15, -0.1) is 0 Å². The number of nitrogens with zero attached hydrogens (tertiary/aromatic N) is 2. The minimum Gasteiger partial charge on any atom is -0.333 e. The largest absolute Gasteiger partial charge is 0.333 e. The fourth-order valence-electron chi connectivity index (χ4n) is 3.96. The highest BCUT2D eigenvalue weighted by molar-refractivity contribution is 5.98. The number of piperazine rings is 1. The number of amides is 4. The molecule has 2 N–H and O–H groups in total. The van der Waals surface area contributed by atoms with Crippen LogP contribution in [-0.2, 0) is 9.59 Å². The monoisotopic (exact) mass is 328 g/mol. The first-order valence-corrected chi connectivity index (χ1v) is 8.37. The van der Waals surface area contributed by atoms with Crippen molar-refractivity contribution < 1.29 is 14.4 Å². The number of benzene rings is 1. The number of carbonyl (C=O) groups is 3. The van der Waals surface area contributed by atoms with Crippen LogP contribution in [0.1, 0.15) is 19.3 Å². The molecule has 4 rings (SSSR count). The van der Waals surface area contributed by atoms with Gasteiger partial charge in [0.2, 0.25) is 11.8 Å². The van der Waals surface area contributed by atoms with E-state index in [-0.39, 0.29) is 29.9 Å². The third-order valence-corrected chi connectivity index (χ3v) is 5.06. The third kappa shape index (κ3) is 2.50. The molecule has 3 heterocycles. The molecule has 24 heavy (non-hydrogen) atoms. The summed E-state index contributed by atoms with van der Waals surface area (Å²) in [5, 5.41) is 5.64. The topological polar surface area (TPSA) is 81.8 Å². The van der Waals surface area contributed by atoms with Crippen molar-refractivity contribution in [1.29, 1.82) is 0 Å². The second-order valence-corrected chi connectivity index (χ2v) is 6.59. The van der Waals surface area contributed by atoms with Gasteiger partial charge < -0.3 is 20.4 Å². The molecule has 1 aromatic rings. The zero-order chi connectivity index (χ0) is 16.7. The van der Waals surface area contributed by atoms with Gasteiger partial charge in [0.15, 0.2) is 0 Å². The number of urea groups is 1. The van der Waals surface area contributed by atoms with Crippen LogP contribution in [0.25, 0.3) is 0 Å². The van der Waals surface area contributed by atoms with Crippen molar-refractivity contribution in [2.45, 2.75) is 37.4 Å². The van der Waals surface area contributed by atoms with Gasteiger partial charge >= 0.3 is 6.03 Å². The molecule has 3 aliphatic rings. The van der Waals surface area contributed by atoms with Crippen LogP contribution in [0.4, 0.5) is 10.5 Å². The van der Waals surface area contributed by atoms with Crippen molar-refractivity contribution in [3.8, 4) is 0 Å². The van der Waals surface area contributed by atoms with Crippen LogP contribution < -0.4 is 10.6 Å². The van der Waals surface area contributed by atoms with E-state index in [1.165, 1.54) is 0 Å². The summed E-state index contributed by atoms with van der Waals surface area (Å²) < 4.78 is 0. The maximum absolute atomic E-state index is 12.6. The van der Waals surface area contributed by atoms with E-state index in [2.05, 4.69) is 10.6 Å². The highest BCUT2D eigenvalue weighted by atomic mass is 16.2. The Morgan fingerprint density at radius 1 is 1.04 bits per heavy atom. The van der Waals surface area contributed by atoms with Crippen LogP contribution in [-0.4, -0.2) is 58.9 Å². The molecule has 126 valence electrons. The second kappa shape index (κ2) is 5.81. The van der Waals surface area contributed by atoms with Crippen LogP contribution in [0.5, 0.6) is 0 Å². The number of fused-ring (bicyclic) bond motifs is 2. The third-order valence-electron chi connectivity index (χ3n) is 5.06. The lowest BCUT2D eigenvalue weighted by atomic mass is 10.1. The quantitative estimate of drug-likeness (QED) is 0.842. The lowest BCUT2D eigenvalue weighted by Crippen LogP contribution is -2.60. The number of rotatable bonds is 2. The molecule has 7 heteroatoms. The first-order valence-electron chi connectivity index (χ1n) is 8.37. The number of hydrogen-bond donors (Lipinski definition) is 2. The summed E-state index contributed by atoms with van der Waals surface area (Å²) in [6.07, 6.45) is 2.13. The molecule has 0 unspecified atom stereocenters. The Hall–Kier alpha value is -2.57. The molecule has 0 spiro atoms. The predicted octanol–water partition coefficient (Wildman–Crippen LogP) is 0.782. The minimum absolute atomic E-state index is 0.0323. The van der Waals surface area contributed by atoms with E-state index in [9.17, 15) is 14.4 Å². The molecule has 0 aliphatic carbocycles. The van der Waals surface area contributed by atoms with E-state index < -0.39 is 6.04 Å². The molecule has 7 nitrogen and oxygen atoms in total. The van der Waals surface area contributed by atoms with Crippen molar-refractivity contribution in [1.82, 2.24) is 15.1 Å². The number of anilines is 1. The van der Waals surface area contributed by atoms with Gasteiger partial charge in [0.25, 0.3) is 0 Å². The molecule has 0 saturated carbocycles. The standard InChI is InChI=1S/C17H20N4O3/c22-15-13-7-4-8-20(13)16(23)14-9-12(10-21(14)15)19-17(24)18-11-5-2-1-3-6-11/h1-3,5-6,12-14H,4,7-10H2,(H2,18,19,24)/t12-,13-,14-/m0/s1. The van der Waals surface area contributed by atoms with Crippen molar-refractivity contribution in [2.24, 2.45) is 0 Å². The normalized spacial score (nSPS) is 28.6. The molecular weight excluding hydrogens is 308 g/mol. The Bertz CT molecular complexity index is 648. The fourth-order valence-corrected chi connectivity index (χ4v) is 3.96. The summed E-state index contributed by atoms with van der Waals surface area (Å²) in [7, 11) is 0. The Kier molecular flexibility index (Phi) is 3.63. The summed E-state index contributed by atoms with van der Waals surface area (Å²) in [6, 6.07) is 7.95. The zero-order valence-corrected chi connectivity index (χ0v) is 13.3. The summed E-state index contributed by atoms with van der Waals surface area (Å²) in [5.74, 6) is 0.0646. The van der Waals surface area contributed by atoms with E-state index in [4.69, 9.17) is 0 Å². The fraction of sp³-hybridized carbons (Fsp3) is 0.471. The average Bonchev–Trinajstić information content (AvgIpc) is 3.21. The molecule has 0 radical (unpaired) electrons. The summed E-state index contributed by atoms with van der Waals surface area (Å²) in [4.78, 5) is 40.6.